The Morgan fingerprint density at radius 1 is 0.912 bits per heavy atom. The number of thiocarbonyl (C=S) groups is 1. The van der Waals surface area contributed by atoms with Gasteiger partial charge in [-0.2, -0.15) is 0 Å². The van der Waals surface area contributed by atoms with Crippen molar-refractivity contribution < 1.29 is 9.59 Å². The summed E-state index contributed by atoms with van der Waals surface area (Å²) in [6.07, 6.45) is 0. The van der Waals surface area contributed by atoms with Gasteiger partial charge in [0.1, 0.15) is 4.32 Å². The lowest BCUT2D eigenvalue weighted by atomic mass is 10.0. The number of nitrogens with zero attached hydrogens (tertiary/aromatic N) is 2. The molecule has 4 rings (SSSR count). The Hall–Kier alpha value is -2.87. The third-order valence-electron chi connectivity index (χ3n) is 5.52. The van der Waals surface area contributed by atoms with E-state index in [0.29, 0.717) is 26.2 Å². The minimum atomic E-state index is -0.222. The Bertz CT molecular complexity index is 1170. The van der Waals surface area contributed by atoms with Crippen molar-refractivity contribution in [3.8, 4) is 0 Å². The highest BCUT2D eigenvalue weighted by molar-refractivity contribution is 8.23. The maximum Gasteiger partial charge on any atom is 0.234 e. The second kappa shape index (κ2) is 11.5. The molecule has 34 heavy (non-hydrogen) atoms. The number of nitrogens with one attached hydrogen (secondary N) is 1. The van der Waals surface area contributed by atoms with Crippen LogP contribution in [-0.4, -0.2) is 52.8 Å². The van der Waals surface area contributed by atoms with Crippen LogP contribution < -0.4 is 10.2 Å². The third kappa shape index (κ3) is 6.17. The SMILES string of the molecule is O=C(CSC(=S)N1CCN(c2ccccc2)CC1)Nc1ccc(Cl)cc1C(=O)c1ccccc1. The summed E-state index contributed by atoms with van der Waals surface area (Å²) >= 11 is 13.0. The molecular formula is C26H24ClN3O2S2. The van der Waals surface area contributed by atoms with Gasteiger partial charge in [-0.05, 0) is 30.3 Å². The highest BCUT2D eigenvalue weighted by atomic mass is 35.5. The molecule has 0 atom stereocenters. The first-order valence-electron chi connectivity index (χ1n) is 10.9. The van der Waals surface area contributed by atoms with E-state index in [4.69, 9.17) is 23.8 Å². The summed E-state index contributed by atoms with van der Waals surface area (Å²) < 4.78 is 0.708. The van der Waals surface area contributed by atoms with Crippen LogP contribution in [0.25, 0.3) is 0 Å². The Labute approximate surface area is 214 Å². The van der Waals surface area contributed by atoms with Crippen LogP contribution in [0.2, 0.25) is 5.02 Å². The summed E-state index contributed by atoms with van der Waals surface area (Å²) in [5.74, 6) is -0.253. The van der Waals surface area contributed by atoms with Gasteiger partial charge in [0, 0.05) is 48.0 Å². The number of benzene rings is 3. The number of carbonyl (C=O) groups excluding carboxylic acids is 2. The summed E-state index contributed by atoms with van der Waals surface area (Å²) in [5.41, 5.74) is 2.54. The number of anilines is 2. The first kappa shape index (κ1) is 24.3. The zero-order valence-electron chi connectivity index (χ0n) is 18.4. The number of hydrogen-bond donors (Lipinski definition) is 1. The zero-order chi connectivity index (χ0) is 23.9. The fraction of sp³-hybridized carbons (Fsp3) is 0.192. The predicted molar refractivity (Wildman–Crippen MR) is 145 cm³/mol. The van der Waals surface area contributed by atoms with Crippen molar-refractivity contribution in [1.82, 2.24) is 4.90 Å². The molecule has 0 bridgehead atoms. The molecule has 8 heteroatoms. The largest absolute Gasteiger partial charge is 0.368 e. The maximum atomic E-state index is 13.0. The summed E-state index contributed by atoms with van der Waals surface area (Å²) in [6, 6.07) is 24.1. The van der Waals surface area contributed by atoms with Crippen LogP contribution in [-0.2, 0) is 4.79 Å². The van der Waals surface area contributed by atoms with Gasteiger partial charge >= 0.3 is 0 Å². The van der Waals surface area contributed by atoms with Gasteiger partial charge in [-0.25, -0.2) is 0 Å². The van der Waals surface area contributed by atoms with Gasteiger partial charge in [-0.15, -0.1) is 0 Å². The third-order valence-corrected chi connectivity index (χ3v) is 7.28. The minimum Gasteiger partial charge on any atom is -0.368 e. The molecule has 0 unspecified atom stereocenters. The van der Waals surface area contributed by atoms with Gasteiger partial charge in [0.15, 0.2) is 5.78 Å². The molecule has 1 saturated heterocycles. The van der Waals surface area contributed by atoms with Crippen molar-refractivity contribution in [2.24, 2.45) is 0 Å². The first-order valence-corrected chi connectivity index (χ1v) is 12.7. The fourth-order valence-corrected chi connectivity index (χ4v) is 4.97. The van der Waals surface area contributed by atoms with Crippen molar-refractivity contribution in [2.75, 3.05) is 42.1 Å². The van der Waals surface area contributed by atoms with Gasteiger partial charge in [-0.3, -0.25) is 9.59 Å². The summed E-state index contributed by atoms with van der Waals surface area (Å²) in [6.45, 7) is 3.39. The molecule has 1 fully saturated rings. The smallest absolute Gasteiger partial charge is 0.234 e. The number of carbonyl (C=O) groups is 2. The van der Waals surface area contributed by atoms with Crippen molar-refractivity contribution in [3.63, 3.8) is 0 Å². The molecular weight excluding hydrogens is 486 g/mol. The molecule has 1 aliphatic rings. The fourth-order valence-electron chi connectivity index (χ4n) is 3.75. The first-order chi connectivity index (χ1) is 16.5. The van der Waals surface area contributed by atoms with E-state index in [9.17, 15) is 9.59 Å². The van der Waals surface area contributed by atoms with E-state index in [1.54, 1.807) is 42.5 Å². The number of amides is 1. The highest BCUT2D eigenvalue weighted by Crippen LogP contribution is 2.24. The van der Waals surface area contributed by atoms with Crippen LogP contribution in [0, 0.1) is 0 Å². The number of halogens is 1. The molecule has 3 aromatic carbocycles. The lowest BCUT2D eigenvalue weighted by molar-refractivity contribution is -0.113. The van der Waals surface area contributed by atoms with Gasteiger partial charge in [-0.1, -0.05) is 84.1 Å². The molecule has 0 aromatic heterocycles. The lowest BCUT2D eigenvalue weighted by Gasteiger charge is -2.37. The molecule has 0 aliphatic carbocycles. The molecule has 1 aliphatic heterocycles. The molecule has 174 valence electrons. The van der Waals surface area contributed by atoms with Gasteiger partial charge in [0.25, 0.3) is 0 Å². The minimum absolute atomic E-state index is 0.166. The van der Waals surface area contributed by atoms with E-state index in [1.807, 2.05) is 24.3 Å². The molecule has 0 radical (unpaired) electrons. The van der Waals surface area contributed by atoms with E-state index in [1.165, 1.54) is 17.4 Å². The average molecular weight is 510 g/mol. The lowest BCUT2D eigenvalue weighted by Crippen LogP contribution is -2.47. The molecule has 0 spiro atoms. The Morgan fingerprint density at radius 3 is 2.24 bits per heavy atom. The predicted octanol–water partition coefficient (Wildman–Crippen LogP) is 5.35. The monoisotopic (exact) mass is 509 g/mol. The Balaban J connectivity index is 1.31. The highest BCUT2D eigenvalue weighted by Gasteiger charge is 2.21. The standard InChI is InChI=1S/C26H24ClN3O2S2/c27-20-11-12-23(22(17-20)25(32)19-7-3-1-4-8-19)28-24(31)18-34-26(33)30-15-13-29(14-16-30)21-9-5-2-6-10-21/h1-12,17H,13-16,18H2,(H,28,31). The average Bonchev–Trinajstić information content (AvgIpc) is 2.89. The van der Waals surface area contributed by atoms with Crippen LogP contribution in [0.4, 0.5) is 11.4 Å². The summed E-state index contributed by atoms with van der Waals surface area (Å²) in [7, 11) is 0. The van der Waals surface area contributed by atoms with Crippen molar-refractivity contribution in [3.05, 3.63) is 95.0 Å². The molecule has 3 aromatic rings. The van der Waals surface area contributed by atoms with Crippen LogP contribution in [0.3, 0.4) is 0 Å². The van der Waals surface area contributed by atoms with Gasteiger partial charge in [0.05, 0.1) is 11.4 Å². The van der Waals surface area contributed by atoms with E-state index in [0.717, 1.165) is 26.2 Å². The van der Waals surface area contributed by atoms with E-state index in [2.05, 4.69) is 27.2 Å². The summed E-state index contributed by atoms with van der Waals surface area (Å²) in [5, 5.41) is 3.28. The van der Waals surface area contributed by atoms with Gasteiger partial charge in [0.2, 0.25) is 5.91 Å². The second-order valence-corrected chi connectivity index (χ2v) is 9.84. The van der Waals surface area contributed by atoms with Crippen LogP contribution in [0.15, 0.2) is 78.9 Å². The number of thioether (sulfide) groups is 1. The molecule has 1 N–H and O–H groups in total. The Morgan fingerprint density at radius 2 is 1.56 bits per heavy atom. The van der Waals surface area contributed by atoms with Crippen LogP contribution in [0.5, 0.6) is 0 Å². The van der Waals surface area contributed by atoms with Crippen molar-refractivity contribution in [1.29, 1.82) is 0 Å². The molecule has 0 saturated carbocycles. The molecule has 5 nitrogen and oxygen atoms in total. The van der Waals surface area contributed by atoms with Crippen LogP contribution in [0.1, 0.15) is 15.9 Å². The van der Waals surface area contributed by atoms with E-state index >= 15 is 0 Å². The number of rotatable bonds is 6. The van der Waals surface area contributed by atoms with Crippen molar-refractivity contribution >= 4 is 63.0 Å². The quantitative estimate of drug-likeness (QED) is 0.357. The zero-order valence-corrected chi connectivity index (χ0v) is 20.8. The topological polar surface area (TPSA) is 52.7 Å². The Kier molecular flexibility index (Phi) is 8.21. The maximum absolute atomic E-state index is 13.0. The number of hydrogen-bond acceptors (Lipinski definition) is 5. The normalized spacial score (nSPS) is 13.4. The van der Waals surface area contributed by atoms with Gasteiger partial charge < -0.3 is 15.1 Å². The van der Waals surface area contributed by atoms with Crippen molar-refractivity contribution in [2.45, 2.75) is 0 Å². The van der Waals surface area contributed by atoms with Crippen LogP contribution >= 0.6 is 35.6 Å². The summed E-state index contributed by atoms with van der Waals surface area (Å²) in [4.78, 5) is 30.1. The number of ketones is 1. The number of para-hydroxylation sites is 1. The molecule has 1 heterocycles. The second-order valence-electron chi connectivity index (χ2n) is 7.80. The number of piperazine rings is 1. The molecule has 1 amide bonds. The van der Waals surface area contributed by atoms with E-state index in [-0.39, 0.29) is 17.4 Å². The van der Waals surface area contributed by atoms with E-state index < -0.39 is 0 Å².